The normalized spacial score (nSPS) is 10.5. The molecule has 0 bridgehead atoms. The van der Waals surface area contributed by atoms with E-state index in [4.69, 9.17) is 15.0 Å². The van der Waals surface area contributed by atoms with Gasteiger partial charge in [0.1, 0.15) is 5.75 Å². The zero-order valence-electron chi connectivity index (χ0n) is 12.9. The number of nitrogens with zero attached hydrogens (tertiary/aromatic N) is 2. The van der Waals surface area contributed by atoms with Crippen LogP contribution in [0.15, 0.2) is 59.1 Å². The van der Waals surface area contributed by atoms with E-state index in [1.54, 1.807) is 24.3 Å². The predicted molar refractivity (Wildman–Crippen MR) is 88.1 cm³/mol. The van der Waals surface area contributed by atoms with E-state index >= 15 is 0 Å². The van der Waals surface area contributed by atoms with Crippen LogP contribution >= 0.6 is 0 Å². The molecular formula is C18H16N3O3. The van der Waals surface area contributed by atoms with Gasteiger partial charge in [-0.2, -0.15) is 4.98 Å². The lowest BCUT2D eigenvalue weighted by Crippen LogP contribution is -2.16. The lowest BCUT2D eigenvalue weighted by molar-refractivity contribution is 0.211. The van der Waals surface area contributed by atoms with Crippen LogP contribution in [0.4, 0.5) is 4.79 Å². The number of ether oxygens (including phenoxy) is 1. The molecule has 0 spiro atoms. The molecular weight excluding hydrogens is 306 g/mol. The number of benzene rings is 2. The maximum Gasteiger partial charge on any atom is 0.409 e. The number of hydrogen-bond acceptors (Lipinski definition) is 5. The van der Waals surface area contributed by atoms with Gasteiger partial charge in [-0.3, -0.25) is 0 Å². The first kappa shape index (κ1) is 15.7. The van der Waals surface area contributed by atoms with Gasteiger partial charge in [-0.15, -0.1) is 0 Å². The number of carbonyl (C=O) groups excluding carboxylic acids is 1. The summed E-state index contributed by atoms with van der Waals surface area (Å²) in [6.45, 7) is 0. The van der Waals surface area contributed by atoms with Gasteiger partial charge in [0.2, 0.25) is 11.7 Å². The van der Waals surface area contributed by atoms with Gasteiger partial charge in [0, 0.05) is 5.56 Å². The molecule has 0 unspecified atom stereocenters. The van der Waals surface area contributed by atoms with Crippen LogP contribution in [0.25, 0.3) is 11.4 Å². The molecule has 1 heterocycles. The molecule has 3 aromatic rings. The number of aryl methyl sites for hydroxylation is 1. The van der Waals surface area contributed by atoms with Crippen molar-refractivity contribution >= 4 is 6.09 Å². The average Bonchev–Trinajstić information content (AvgIpc) is 3.05. The van der Waals surface area contributed by atoms with Crippen molar-refractivity contribution < 1.29 is 14.1 Å². The van der Waals surface area contributed by atoms with E-state index in [2.05, 4.69) is 22.3 Å². The molecule has 1 radical (unpaired) electrons. The Bertz CT molecular complexity index is 798. The lowest BCUT2D eigenvalue weighted by atomic mass is 10.1. The van der Waals surface area contributed by atoms with Crippen LogP contribution in [0, 0.1) is 6.42 Å². The summed E-state index contributed by atoms with van der Waals surface area (Å²) in [7, 11) is 0. The zero-order chi connectivity index (χ0) is 16.8. The van der Waals surface area contributed by atoms with Crippen molar-refractivity contribution in [2.24, 2.45) is 5.73 Å². The van der Waals surface area contributed by atoms with E-state index in [0.717, 1.165) is 18.4 Å². The van der Waals surface area contributed by atoms with E-state index in [9.17, 15) is 4.79 Å². The Morgan fingerprint density at radius 1 is 1.12 bits per heavy atom. The molecule has 0 aliphatic heterocycles. The molecule has 0 aliphatic carbocycles. The SMILES string of the molecule is NC(=O)Oc1ccc(-c2noc([CH]CCc3ccccc3)n2)cc1. The largest absolute Gasteiger partial charge is 0.411 e. The molecule has 0 aliphatic rings. The zero-order valence-corrected chi connectivity index (χ0v) is 12.9. The van der Waals surface area contributed by atoms with E-state index in [1.165, 1.54) is 5.56 Å². The second-order valence-corrected chi connectivity index (χ2v) is 5.13. The smallest absolute Gasteiger partial charge is 0.409 e. The third-order valence-electron chi connectivity index (χ3n) is 3.37. The molecule has 121 valence electrons. The maximum absolute atomic E-state index is 10.7. The van der Waals surface area contributed by atoms with Crippen LogP contribution in [0.1, 0.15) is 17.9 Å². The lowest BCUT2D eigenvalue weighted by Gasteiger charge is -2.00. The van der Waals surface area contributed by atoms with Crippen molar-refractivity contribution in [3.8, 4) is 17.1 Å². The third-order valence-corrected chi connectivity index (χ3v) is 3.37. The van der Waals surface area contributed by atoms with E-state index in [1.807, 2.05) is 24.6 Å². The molecule has 2 aromatic carbocycles. The fraction of sp³-hybridized carbons (Fsp3) is 0.111. The second kappa shape index (κ2) is 7.41. The van der Waals surface area contributed by atoms with Crippen LogP contribution in [-0.2, 0) is 6.42 Å². The van der Waals surface area contributed by atoms with Crippen LogP contribution < -0.4 is 10.5 Å². The minimum atomic E-state index is -0.849. The summed E-state index contributed by atoms with van der Waals surface area (Å²) < 4.78 is 10.0. The molecule has 6 nitrogen and oxygen atoms in total. The molecule has 0 atom stereocenters. The highest BCUT2D eigenvalue weighted by Gasteiger charge is 2.09. The summed E-state index contributed by atoms with van der Waals surface area (Å²) in [5.41, 5.74) is 6.99. The Labute approximate surface area is 139 Å². The summed E-state index contributed by atoms with van der Waals surface area (Å²) in [6.07, 6.45) is 2.79. The Morgan fingerprint density at radius 2 is 1.88 bits per heavy atom. The van der Waals surface area contributed by atoms with E-state index < -0.39 is 6.09 Å². The van der Waals surface area contributed by atoms with Crippen molar-refractivity contribution in [1.82, 2.24) is 10.1 Å². The molecule has 2 N–H and O–H groups in total. The average molecular weight is 322 g/mol. The van der Waals surface area contributed by atoms with Gasteiger partial charge in [-0.25, -0.2) is 4.79 Å². The Morgan fingerprint density at radius 3 is 2.58 bits per heavy atom. The van der Waals surface area contributed by atoms with E-state index in [0.29, 0.717) is 17.5 Å². The van der Waals surface area contributed by atoms with Gasteiger partial charge in [-0.1, -0.05) is 35.5 Å². The van der Waals surface area contributed by atoms with Crippen LogP contribution in [0.3, 0.4) is 0 Å². The van der Waals surface area contributed by atoms with Gasteiger partial charge in [0.25, 0.3) is 0 Å². The van der Waals surface area contributed by atoms with Crippen LogP contribution in [-0.4, -0.2) is 16.2 Å². The third kappa shape index (κ3) is 4.19. The van der Waals surface area contributed by atoms with Crippen LogP contribution in [0.5, 0.6) is 5.75 Å². The topological polar surface area (TPSA) is 91.2 Å². The van der Waals surface area contributed by atoms with Gasteiger partial charge < -0.3 is 15.0 Å². The number of hydrogen-bond donors (Lipinski definition) is 1. The Hall–Kier alpha value is -3.15. The minimum Gasteiger partial charge on any atom is -0.411 e. The van der Waals surface area contributed by atoms with Crippen LogP contribution in [0.2, 0.25) is 0 Å². The van der Waals surface area contributed by atoms with Gasteiger partial charge in [0.15, 0.2) is 0 Å². The van der Waals surface area contributed by atoms with Crippen molar-refractivity contribution in [2.45, 2.75) is 12.8 Å². The summed E-state index contributed by atoms with van der Waals surface area (Å²) in [5, 5.41) is 3.95. The van der Waals surface area contributed by atoms with Gasteiger partial charge in [0.05, 0.1) is 6.42 Å². The predicted octanol–water partition coefficient (Wildman–Crippen LogP) is 3.38. The molecule has 1 aromatic heterocycles. The number of aromatic nitrogens is 2. The summed E-state index contributed by atoms with van der Waals surface area (Å²) in [6, 6.07) is 16.9. The van der Waals surface area contributed by atoms with Crippen molar-refractivity contribution in [3.05, 3.63) is 72.5 Å². The van der Waals surface area contributed by atoms with Gasteiger partial charge >= 0.3 is 6.09 Å². The standard InChI is InChI=1S/C18H16N3O3/c19-18(22)23-15-11-9-14(10-12-15)17-20-16(24-21-17)8-4-7-13-5-2-1-3-6-13/h1-3,5-6,8-12H,4,7H2,(H2,19,22). The molecule has 1 amide bonds. The number of rotatable bonds is 6. The molecule has 0 fully saturated rings. The van der Waals surface area contributed by atoms with Crippen molar-refractivity contribution in [3.63, 3.8) is 0 Å². The fourth-order valence-corrected chi connectivity index (χ4v) is 2.23. The number of amides is 1. The highest BCUT2D eigenvalue weighted by Crippen LogP contribution is 2.20. The molecule has 0 saturated heterocycles. The maximum atomic E-state index is 10.7. The molecule has 3 rings (SSSR count). The van der Waals surface area contributed by atoms with E-state index in [-0.39, 0.29) is 0 Å². The Kier molecular flexibility index (Phi) is 4.86. The first-order chi connectivity index (χ1) is 11.7. The van der Waals surface area contributed by atoms with Crippen molar-refractivity contribution in [1.29, 1.82) is 0 Å². The Balaban J connectivity index is 1.57. The monoisotopic (exact) mass is 322 g/mol. The number of nitrogens with two attached hydrogens (primary N) is 1. The quantitative estimate of drug-likeness (QED) is 0.751. The first-order valence-electron chi connectivity index (χ1n) is 7.49. The summed E-state index contributed by atoms with van der Waals surface area (Å²) in [5.74, 6) is 1.33. The molecule has 24 heavy (non-hydrogen) atoms. The molecule has 6 heteroatoms. The highest BCUT2D eigenvalue weighted by atomic mass is 16.5. The summed E-state index contributed by atoms with van der Waals surface area (Å²) >= 11 is 0. The summed E-state index contributed by atoms with van der Waals surface area (Å²) in [4.78, 5) is 15.0. The fourth-order valence-electron chi connectivity index (χ4n) is 2.23. The molecule has 0 saturated carbocycles. The first-order valence-corrected chi connectivity index (χ1v) is 7.49. The second-order valence-electron chi connectivity index (χ2n) is 5.13. The number of carbonyl (C=O) groups is 1. The minimum absolute atomic E-state index is 0.365. The highest BCUT2D eigenvalue weighted by molar-refractivity contribution is 5.68. The van der Waals surface area contributed by atoms with Gasteiger partial charge in [-0.05, 0) is 42.7 Å². The number of primary amides is 1. The van der Waals surface area contributed by atoms with Crippen molar-refractivity contribution in [2.75, 3.05) is 0 Å².